The molecule has 1 atom stereocenters. The Hall–Kier alpha value is -0.420. The number of thiazole rings is 1. The summed E-state index contributed by atoms with van der Waals surface area (Å²) >= 11 is 4.99. The van der Waals surface area contributed by atoms with Crippen molar-refractivity contribution in [3.05, 3.63) is 11.1 Å². The van der Waals surface area contributed by atoms with Crippen LogP contribution in [0.3, 0.4) is 0 Å². The summed E-state index contributed by atoms with van der Waals surface area (Å²) in [7, 11) is 0. The molecule has 2 saturated carbocycles. The van der Waals surface area contributed by atoms with Gasteiger partial charge in [-0.25, -0.2) is 4.98 Å². The number of nitrogen functional groups attached to an aromatic ring is 1. The first-order valence-corrected chi connectivity index (χ1v) is 9.24. The van der Waals surface area contributed by atoms with Crippen LogP contribution in [0.15, 0.2) is 6.20 Å². The molecule has 0 bridgehead atoms. The lowest BCUT2D eigenvalue weighted by Crippen LogP contribution is -2.11. The summed E-state index contributed by atoms with van der Waals surface area (Å²) in [6.07, 6.45) is 13.4. The van der Waals surface area contributed by atoms with Crippen molar-refractivity contribution in [3.8, 4) is 0 Å². The molecule has 3 rings (SSSR count). The molecule has 2 N–H and O–H groups in total. The summed E-state index contributed by atoms with van der Waals surface area (Å²) in [6.45, 7) is 0. The van der Waals surface area contributed by atoms with Gasteiger partial charge in [-0.2, -0.15) is 0 Å². The lowest BCUT2D eigenvalue weighted by molar-refractivity contribution is -0.108. The first-order valence-electron chi connectivity index (χ1n) is 7.51. The van der Waals surface area contributed by atoms with E-state index in [1.54, 1.807) is 11.3 Å². The average Bonchev–Trinajstić information content (AvgIpc) is 3.19. The van der Waals surface area contributed by atoms with Gasteiger partial charge in [0.05, 0.1) is 4.83 Å². The molecule has 0 aliphatic heterocycles. The van der Waals surface area contributed by atoms with Crippen LogP contribution in [0.4, 0.5) is 5.13 Å². The molecule has 2 fully saturated rings. The molecule has 2 aliphatic rings. The molecular weight excluding hydrogens is 336 g/mol. The second-order valence-electron chi connectivity index (χ2n) is 5.71. The molecule has 0 amide bonds. The van der Waals surface area contributed by atoms with Crippen molar-refractivity contribution < 1.29 is 4.79 Å². The summed E-state index contributed by atoms with van der Waals surface area (Å²) < 4.78 is 0. The molecule has 3 nitrogen and oxygen atoms in total. The average molecular weight is 359 g/mol. The molecule has 1 heterocycles. The van der Waals surface area contributed by atoms with Crippen molar-refractivity contribution in [2.45, 2.75) is 62.1 Å². The van der Waals surface area contributed by atoms with E-state index in [-0.39, 0.29) is 4.83 Å². The zero-order valence-electron chi connectivity index (χ0n) is 11.8. The summed E-state index contributed by atoms with van der Waals surface area (Å²) in [5, 5.41) is 0.715. The largest absolute Gasteiger partial charge is 0.375 e. The molecule has 0 radical (unpaired) electrons. The topological polar surface area (TPSA) is 56.0 Å². The van der Waals surface area contributed by atoms with E-state index in [0.29, 0.717) is 11.0 Å². The number of alkyl halides is 1. The van der Waals surface area contributed by atoms with E-state index in [4.69, 9.17) is 5.73 Å². The van der Waals surface area contributed by atoms with Crippen LogP contribution in [0.1, 0.15) is 62.2 Å². The zero-order chi connectivity index (χ0) is 14.4. The lowest BCUT2D eigenvalue weighted by atomic mass is 10.1. The Kier molecular flexibility index (Phi) is 6.49. The van der Waals surface area contributed by atoms with Crippen LogP contribution in [-0.4, -0.2) is 16.1 Å². The fourth-order valence-corrected chi connectivity index (χ4v) is 4.47. The first-order chi connectivity index (χ1) is 9.70. The molecule has 0 saturated heterocycles. The quantitative estimate of drug-likeness (QED) is 0.638. The number of anilines is 1. The van der Waals surface area contributed by atoms with Crippen LogP contribution in [0.25, 0.3) is 0 Å². The maximum Gasteiger partial charge on any atom is 0.180 e. The summed E-state index contributed by atoms with van der Waals surface area (Å²) in [6, 6.07) is 0. The third kappa shape index (κ3) is 4.55. The van der Waals surface area contributed by atoms with Crippen molar-refractivity contribution in [3.63, 3.8) is 0 Å². The first kappa shape index (κ1) is 16.0. The maximum absolute atomic E-state index is 10.2. The van der Waals surface area contributed by atoms with Gasteiger partial charge < -0.3 is 10.5 Å². The van der Waals surface area contributed by atoms with Gasteiger partial charge in [-0.05, 0) is 37.5 Å². The van der Waals surface area contributed by atoms with Crippen LogP contribution in [0.5, 0.6) is 0 Å². The molecule has 0 aromatic carbocycles. The second-order valence-corrected chi connectivity index (χ2v) is 7.86. The monoisotopic (exact) mass is 358 g/mol. The molecule has 1 unspecified atom stereocenters. The van der Waals surface area contributed by atoms with E-state index in [0.717, 1.165) is 12.2 Å². The highest BCUT2D eigenvalue weighted by Gasteiger charge is 2.21. The van der Waals surface area contributed by atoms with Gasteiger partial charge in [0.2, 0.25) is 0 Å². The minimum Gasteiger partial charge on any atom is -0.375 e. The second kappa shape index (κ2) is 8.13. The highest BCUT2D eigenvalue weighted by Crippen LogP contribution is 2.37. The predicted molar refractivity (Wildman–Crippen MR) is 88.5 cm³/mol. The smallest absolute Gasteiger partial charge is 0.180 e. The van der Waals surface area contributed by atoms with E-state index >= 15 is 0 Å². The third-order valence-electron chi connectivity index (χ3n) is 4.28. The van der Waals surface area contributed by atoms with Gasteiger partial charge in [-0.15, -0.1) is 11.3 Å². The zero-order valence-corrected chi connectivity index (χ0v) is 14.2. The fraction of sp³-hybridized carbons (Fsp3) is 0.733. The molecule has 1 aromatic rings. The van der Waals surface area contributed by atoms with Gasteiger partial charge in [0.1, 0.15) is 6.29 Å². The number of aromatic nitrogens is 1. The predicted octanol–water partition coefficient (Wildman–Crippen LogP) is 4.52. The number of hydrogen-bond acceptors (Lipinski definition) is 4. The van der Waals surface area contributed by atoms with Crippen molar-refractivity contribution >= 4 is 38.7 Å². The highest BCUT2D eigenvalue weighted by atomic mass is 79.9. The van der Waals surface area contributed by atoms with Gasteiger partial charge >= 0.3 is 0 Å². The van der Waals surface area contributed by atoms with Crippen LogP contribution in [0, 0.1) is 5.92 Å². The number of halogens is 1. The van der Waals surface area contributed by atoms with Crippen molar-refractivity contribution in [2.24, 2.45) is 5.92 Å². The van der Waals surface area contributed by atoms with E-state index in [2.05, 4.69) is 20.9 Å². The van der Waals surface area contributed by atoms with Crippen molar-refractivity contribution in [1.82, 2.24) is 4.98 Å². The van der Waals surface area contributed by atoms with E-state index in [9.17, 15) is 4.79 Å². The molecule has 5 heteroatoms. The minimum atomic E-state index is 0.125. The standard InChI is InChI=1S/C8H12N2S.C7H11BrO/c9-8-10-5-7(11-8)6-3-1-2-4-6;8-7(5-9)6-3-1-2-4-6/h5-6H,1-4H2,(H2,9,10);5-7H,1-4H2. The Bertz CT molecular complexity index is 412. The number of nitrogens with zero attached hydrogens (tertiary/aromatic N) is 1. The number of aldehydes is 1. The van der Waals surface area contributed by atoms with E-state index in [1.807, 2.05) is 6.20 Å². The van der Waals surface area contributed by atoms with Gasteiger partial charge in [0.15, 0.2) is 5.13 Å². The Morgan fingerprint density at radius 1 is 1.25 bits per heavy atom. The number of hydrogen-bond donors (Lipinski definition) is 1. The normalized spacial score (nSPS) is 21.4. The van der Waals surface area contributed by atoms with Crippen molar-refractivity contribution in [2.75, 3.05) is 5.73 Å². The van der Waals surface area contributed by atoms with E-state index in [1.165, 1.54) is 56.2 Å². The van der Waals surface area contributed by atoms with Gasteiger partial charge in [0.25, 0.3) is 0 Å². The van der Waals surface area contributed by atoms with Crippen molar-refractivity contribution in [1.29, 1.82) is 0 Å². The Balaban J connectivity index is 0.000000151. The van der Waals surface area contributed by atoms with Crippen LogP contribution in [0.2, 0.25) is 0 Å². The number of carbonyl (C=O) groups is 1. The number of nitrogens with two attached hydrogens (primary N) is 1. The molecule has 112 valence electrons. The number of rotatable bonds is 3. The van der Waals surface area contributed by atoms with Crippen LogP contribution >= 0.6 is 27.3 Å². The van der Waals surface area contributed by atoms with Gasteiger partial charge in [0, 0.05) is 11.1 Å². The molecule has 1 aromatic heterocycles. The summed E-state index contributed by atoms with van der Waals surface area (Å²) in [5.41, 5.74) is 5.55. The molecule has 0 spiro atoms. The Labute approximate surface area is 133 Å². The Morgan fingerprint density at radius 3 is 2.35 bits per heavy atom. The van der Waals surface area contributed by atoms with Crippen LogP contribution < -0.4 is 5.73 Å². The molecule has 20 heavy (non-hydrogen) atoms. The summed E-state index contributed by atoms with van der Waals surface area (Å²) in [5.74, 6) is 1.40. The van der Waals surface area contributed by atoms with Gasteiger partial charge in [-0.1, -0.05) is 41.6 Å². The molecular formula is C15H23BrN2OS. The maximum atomic E-state index is 10.2. The SMILES string of the molecule is Nc1ncc(C2CCCC2)s1.O=CC(Br)C1CCCC1. The number of carbonyl (C=O) groups excluding carboxylic acids is 1. The van der Waals surface area contributed by atoms with Crippen LogP contribution in [-0.2, 0) is 4.79 Å². The highest BCUT2D eigenvalue weighted by molar-refractivity contribution is 9.10. The lowest BCUT2D eigenvalue weighted by Gasteiger charge is -2.08. The minimum absolute atomic E-state index is 0.125. The fourth-order valence-electron chi connectivity index (χ4n) is 3.09. The van der Waals surface area contributed by atoms with E-state index < -0.39 is 0 Å². The summed E-state index contributed by atoms with van der Waals surface area (Å²) in [4.78, 5) is 15.8. The third-order valence-corrected chi connectivity index (χ3v) is 6.23. The Morgan fingerprint density at radius 2 is 1.85 bits per heavy atom. The molecule has 2 aliphatic carbocycles. The van der Waals surface area contributed by atoms with Gasteiger partial charge in [-0.3, -0.25) is 0 Å².